The van der Waals surface area contributed by atoms with Gasteiger partial charge in [0.15, 0.2) is 11.2 Å². The van der Waals surface area contributed by atoms with Crippen LogP contribution in [0.5, 0.6) is 5.75 Å². The van der Waals surface area contributed by atoms with E-state index in [1.807, 2.05) is 18.2 Å². The Labute approximate surface area is 197 Å². The molecule has 0 saturated heterocycles. The van der Waals surface area contributed by atoms with Crippen molar-refractivity contribution in [3.05, 3.63) is 75.2 Å². The Morgan fingerprint density at radius 3 is 2.58 bits per heavy atom. The molecule has 0 spiro atoms. The van der Waals surface area contributed by atoms with Crippen LogP contribution in [0.3, 0.4) is 0 Å². The van der Waals surface area contributed by atoms with E-state index < -0.39 is 5.60 Å². The molecule has 4 rings (SSSR count). The van der Waals surface area contributed by atoms with E-state index in [1.165, 1.54) is 0 Å². The van der Waals surface area contributed by atoms with Gasteiger partial charge in [0.1, 0.15) is 11.3 Å². The van der Waals surface area contributed by atoms with Crippen molar-refractivity contribution in [1.29, 1.82) is 0 Å². The number of halogens is 3. The maximum absolute atomic E-state index is 12.9. The number of aromatic nitrogens is 1. The lowest BCUT2D eigenvalue weighted by Crippen LogP contribution is -2.42. The van der Waals surface area contributed by atoms with Crippen molar-refractivity contribution in [2.45, 2.75) is 19.4 Å². The Morgan fingerprint density at radius 2 is 1.84 bits per heavy atom. The van der Waals surface area contributed by atoms with Crippen molar-refractivity contribution in [3.8, 4) is 17.2 Å². The standard InChI is InChI=1S/C23H17BrCl2N2O3/c1-23(2,31-17-8-6-14(24)7-9-17)22(29)27-16-5-3-4-13(10-16)21-28-19-12-15(25)11-18(26)20(19)30-21/h3-12H,1-2H3,(H,27,29). The van der Waals surface area contributed by atoms with Crippen LogP contribution >= 0.6 is 39.1 Å². The number of hydrogen-bond donors (Lipinski definition) is 1. The average molecular weight is 520 g/mol. The maximum Gasteiger partial charge on any atom is 0.267 e. The topological polar surface area (TPSA) is 64.4 Å². The summed E-state index contributed by atoms with van der Waals surface area (Å²) >= 11 is 15.6. The van der Waals surface area contributed by atoms with Crippen LogP contribution in [0.4, 0.5) is 5.69 Å². The highest BCUT2D eigenvalue weighted by atomic mass is 79.9. The van der Waals surface area contributed by atoms with Gasteiger partial charge in [0, 0.05) is 20.7 Å². The first-order chi connectivity index (χ1) is 14.7. The Balaban J connectivity index is 1.55. The van der Waals surface area contributed by atoms with Gasteiger partial charge < -0.3 is 14.5 Å². The first-order valence-corrected chi connectivity index (χ1v) is 10.9. The lowest BCUT2D eigenvalue weighted by molar-refractivity contribution is -0.128. The van der Waals surface area contributed by atoms with Gasteiger partial charge in [-0.1, -0.05) is 45.2 Å². The minimum atomic E-state index is -1.09. The number of oxazole rings is 1. The van der Waals surface area contributed by atoms with Crippen LogP contribution in [0, 0.1) is 0 Å². The molecule has 1 aromatic heterocycles. The SMILES string of the molecule is CC(C)(Oc1ccc(Br)cc1)C(=O)Nc1cccc(-c2nc3cc(Cl)cc(Cl)c3o2)c1. The molecule has 0 saturated carbocycles. The number of carbonyl (C=O) groups is 1. The van der Waals surface area contributed by atoms with Gasteiger partial charge in [-0.25, -0.2) is 4.98 Å². The highest BCUT2D eigenvalue weighted by molar-refractivity contribution is 9.10. The number of nitrogens with zero attached hydrogens (tertiary/aromatic N) is 1. The molecule has 31 heavy (non-hydrogen) atoms. The summed E-state index contributed by atoms with van der Waals surface area (Å²) in [6, 6.07) is 17.8. The van der Waals surface area contributed by atoms with Gasteiger partial charge in [0.25, 0.3) is 5.91 Å². The Hall–Kier alpha value is -2.54. The number of benzene rings is 3. The maximum atomic E-state index is 12.9. The first-order valence-electron chi connectivity index (χ1n) is 9.33. The molecule has 8 heteroatoms. The third kappa shape index (κ3) is 4.87. The summed E-state index contributed by atoms with van der Waals surface area (Å²) in [5.74, 6) is 0.680. The van der Waals surface area contributed by atoms with Crippen LogP contribution in [0.15, 0.2) is 69.6 Å². The van der Waals surface area contributed by atoms with Crippen molar-refractivity contribution >= 4 is 61.8 Å². The molecular weight excluding hydrogens is 503 g/mol. The molecule has 0 fully saturated rings. The Bertz CT molecular complexity index is 1270. The Kier molecular flexibility index (Phi) is 5.97. The fraction of sp³-hybridized carbons (Fsp3) is 0.130. The summed E-state index contributed by atoms with van der Waals surface area (Å²) in [4.78, 5) is 17.3. The normalized spacial score (nSPS) is 11.5. The smallest absolute Gasteiger partial charge is 0.267 e. The zero-order valence-corrected chi connectivity index (χ0v) is 19.7. The van der Waals surface area contributed by atoms with E-state index in [2.05, 4.69) is 26.2 Å². The van der Waals surface area contributed by atoms with Crippen LogP contribution in [-0.2, 0) is 4.79 Å². The highest BCUT2D eigenvalue weighted by Gasteiger charge is 2.30. The van der Waals surface area contributed by atoms with Crippen LogP contribution in [0.25, 0.3) is 22.6 Å². The minimum Gasteiger partial charge on any atom is -0.478 e. The quantitative estimate of drug-likeness (QED) is 0.299. The molecule has 0 unspecified atom stereocenters. The number of ether oxygens (including phenoxy) is 1. The number of amides is 1. The summed E-state index contributed by atoms with van der Waals surface area (Å²) in [7, 11) is 0. The summed E-state index contributed by atoms with van der Waals surface area (Å²) < 4.78 is 12.6. The molecule has 0 bridgehead atoms. The fourth-order valence-corrected chi connectivity index (χ4v) is 3.72. The van der Waals surface area contributed by atoms with Gasteiger partial charge in [-0.15, -0.1) is 0 Å². The van der Waals surface area contributed by atoms with E-state index in [4.69, 9.17) is 32.4 Å². The van der Waals surface area contributed by atoms with Crippen molar-refractivity contribution in [3.63, 3.8) is 0 Å². The predicted molar refractivity (Wildman–Crippen MR) is 127 cm³/mol. The molecule has 0 aliphatic heterocycles. The minimum absolute atomic E-state index is 0.292. The zero-order valence-electron chi connectivity index (χ0n) is 16.6. The molecule has 1 heterocycles. The van der Waals surface area contributed by atoms with Gasteiger partial charge in [0.2, 0.25) is 5.89 Å². The molecule has 4 aromatic rings. The predicted octanol–water partition coefficient (Wildman–Crippen LogP) is 7.36. The van der Waals surface area contributed by atoms with Gasteiger partial charge in [-0.3, -0.25) is 4.79 Å². The van der Waals surface area contributed by atoms with Gasteiger partial charge >= 0.3 is 0 Å². The van der Waals surface area contributed by atoms with Crippen LogP contribution in [0.1, 0.15) is 13.8 Å². The summed E-state index contributed by atoms with van der Waals surface area (Å²) in [5, 5.41) is 3.75. The molecule has 5 nitrogen and oxygen atoms in total. The molecule has 3 aromatic carbocycles. The van der Waals surface area contributed by atoms with E-state index in [-0.39, 0.29) is 5.91 Å². The monoisotopic (exact) mass is 518 g/mol. The highest BCUT2D eigenvalue weighted by Crippen LogP contribution is 2.32. The van der Waals surface area contributed by atoms with Gasteiger partial charge in [-0.2, -0.15) is 0 Å². The summed E-state index contributed by atoms with van der Waals surface area (Å²) in [6.07, 6.45) is 0. The number of carbonyl (C=O) groups excluding carboxylic acids is 1. The lowest BCUT2D eigenvalue weighted by Gasteiger charge is -2.25. The van der Waals surface area contributed by atoms with E-state index in [0.717, 1.165) is 4.47 Å². The molecule has 1 amide bonds. The average Bonchev–Trinajstić information content (AvgIpc) is 3.14. The molecule has 0 aliphatic rings. The van der Waals surface area contributed by atoms with E-state index in [0.29, 0.717) is 44.0 Å². The van der Waals surface area contributed by atoms with Gasteiger partial charge in [0.05, 0.1) is 5.02 Å². The zero-order chi connectivity index (χ0) is 22.2. The summed E-state index contributed by atoms with van der Waals surface area (Å²) in [6.45, 7) is 3.42. The van der Waals surface area contributed by atoms with Crippen LogP contribution in [-0.4, -0.2) is 16.5 Å². The number of fused-ring (bicyclic) bond motifs is 1. The largest absolute Gasteiger partial charge is 0.478 e. The lowest BCUT2D eigenvalue weighted by atomic mass is 10.1. The van der Waals surface area contributed by atoms with Crippen LogP contribution < -0.4 is 10.1 Å². The molecule has 0 aliphatic carbocycles. The van der Waals surface area contributed by atoms with Crippen molar-refractivity contribution in [1.82, 2.24) is 4.98 Å². The molecular formula is C23H17BrCl2N2O3. The number of anilines is 1. The second-order valence-electron chi connectivity index (χ2n) is 7.36. The molecule has 0 atom stereocenters. The van der Waals surface area contributed by atoms with Crippen molar-refractivity contribution in [2.24, 2.45) is 0 Å². The van der Waals surface area contributed by atoms with E-state index in [9.17, 15) is 4.79 Å². The Morgan fingerprint density at radius 1 is 1.10 bits per heavy atom. The number of rotatable bonds is 5. The molecule has 0 radical (unpaired) electrons. The van der Waals surface area contributed by atoms with E-state index >= 15 is 0 Å². The number of hydrogen-bond acceptors (Lipinski definition) is 4. The number of nitrogens with one attached hydrogen (secondary N) is 1. The molecule has 158 valence electrons. The second-order valence-corrected chi connectivity index (χ2v) is 9.12. The van der Waals surface area contributed by atoms with Crippen LogP contribution in [0.2, 0.25) is 10.0 Å². The second kappa shape index (κ2) is 8.54. The van der Waals surface area contributed by atoms with Crippen molar-refractivity contribution in [2.75, 3.05) is 5.32 Å². The van der Waals surface area contributed by atoms with E-state index in [1.54, 1.807) is 56.3 Å². The third-order valence-electron chi connectivity index (χ3n) is 4.51. The molecule has 1 N–H and O–H groups in total. The fourth-order valence-electron chi connectivity index (χ4n) is 2.94. The van der Waals surface area contributed by atoms with Gasteiger partial charge in [-0.05, 0) is 68.4 Å². The first kappa shape index (κ1) is 21.7. The van der Waals surface area contributed by atoms with Crippen molar-refractivity contribution < 1.29 is 13.9 Å². The summed E-state index contributed by atoms with van der Waals surface area (Å²) in [5.41, 5.74) is 1.20. The third-order valence-corrected chi connectivity index (χ3v) is 5.54.